The zero-order valence-corrected chi connectivity index (χ0v) is 8.44. The van der Waals surface area contributed by atoms with Gasteiger partial charge in [-0.3, -0.25) is 0 Å². The maximum Gasteiger partial charge on any atom is 0.124 e. The Hall–Kier alpha value is -0.640. The fourth-order valence-corrected chi connectivity index (χ4v) is 1.96. The highest BCUT2D eigenvalue weighted by atomic mass is 35.5. The molecule has 1 fully saturated rings. The quantitative estimate of drug-likeness (QED) is 0.744. The molecule has 1 aliphatic rings. The van der Waals surface area contributed by atoms with Gasteiger partial charge >= 0.3 is 0 Å². The summed E-state index contributed by atoms with van der Waals surface area (Å²) in [5, 5.41) is 7.08. The lowest BCUT2D eigenvalue weighted by molar-refractivity contribution is 0.430. The number of hydrogen-bond acceptors (Lipinski definition) is 2. The van der Waals surface area contributed by atoms with Crippen LogP contribution >= 0.6 is 11.6 Å². The Labute approximate surface area is 87.5 Å². The van der Waals surface area contributed by atoms with Crippen LogP contribution in [-0.4, -0.2) is 19.6 Å². The van der Waals surface area contributed by atoms with Crippen LogP contribution in [0, 0.1) is 5.82 Å². The van der Waals surface area contributed by atoms with E-state index in [1.54, 1.807) is 6.07 Å². The van der Waals surface area contributed by atoms with Gasteiger partial charge in [-0.2, -0.15) is 0 Å². The van der Waals surface area contributed by atoms with Crippen molar-refractivity contribution in [2.45, 2.75) is 6.04 Å². The minimum atomic E-state index is -0.289. The van der Waals surface area contributed by atoms with Crippen LogP contribution in [0.3, 0.4) is 0 Å². The van der Waals surface area contributed by atoms with Crippen molar-refractivity contribution in [3.63, 3.8) is 0 Å². The number of benzene rings is 1. The molecule has 0 amide bonds. The third-order valence-corrected chi connectivity index (χ3v) is 2.71. The van der Waals surface area contributed by atoms with Crippen molar-refractivity contribution in [1.82, 2.24) is 10.6 Å². The molecule has 1 atom stereocenters. The van der Waals surface area contributed by atoms with E-state index in [9.17, 15) is 4.39 Å². The van der Waals surface area contributed by atoms with Crippen LogP contribution in [0.2, 0.25) is 5.02 Å². The third-order valence-electron chi connectivity index (χ3n) is 2.38. The number of hydrogen-bond donors (Lipinski definition) is 2. The van der Waals surface area contributed by atoms with E-state index in [-0.39, 0.29) is 11.9 Å². The average molecular weight is 215 g/mol. The van der Waals surface area contributed by atoms with Gasteiger partial charge in [0.15, 0.2) is 0 Å². The summed E-state index contributed by atoms with van der Waals surface area (Å²) in [5.74, 6) is -0.289. The number of halogens is 2. The topological polar surface area (TPSA) is 24.1 Å². The van der Waals surface area contributed by atoms with Gasteiger partial charge in [-0.15, -0.1) is 0 Å². The van der Waals surface area contributed by atoms with Crippen molar-refractivity contribution >= 4 is 11.6 Å². The van der Waals surface area contributed by atoms with Crippen molar-refractivity contribution in [2.75, 3.05) is 19.6 Å². The van der Waals surface area contributed by atoms with Gasteiger partial charge in [0.1, 0.15) is 5.82 Å². The molecule has 0 bridgehead atoms. The summed E-state index contributed by atoms with van der Waals surface area (Å²) in [6, 6.07) is 4.73. The first-order chi connectivity index (χ1) is 6.77. The van der Waals surface area contributed by atoms with Gasteiger partial charge < -0.3 is 10.6 Å². The number of piperazine rings is 1. The van der Waals surface area contributed by atoms with E-state index in [1.807, 2.05) is 0 Å². The van der Waals surface area contributed by atoms with Gasteiger partial charge in [0, 0.05) is 30.7 Å². The van der Waals surface area contributed by atoms with E-state index in [2.05, 4.69) is 10.6 Å². The largest absolute Gasteiger partial charge is 0.314 e. The molecule has 0 unspecified atom stereocenters. The highest BCUT2D eigenvalue weighted by molar-refractivity contribution is 6.31. The highest BCUT2D eigenvalue weighted by Crippen LogP contribution is 2.24. The van der Waals surface area contributed by atoms with Gasteiger partial charge in [-0.1, -0.05) is 17.7 Å². The standard InChI is InChI=1S/C10H12ClFN2/c11-9-5-7(12)1-2-8(9)10-6-13-3-4-14-10/h1-2,5,10,13-14H,3-4,6H2/t10-/m1/s1. The molecule has 2 nitrogen and oxygen atoms in total. The second-order valence-corrected chi connectivity index (χ2v) is 3.78. The van der Waals surface area contributed by atoms with Crippen molar-refractivity contribution in [2.24, 2.45) is 0 Å². The molecule has 1 aromatic carbocycles. The molecule has 1 aliphatic heterocycles. The van der Waals surface area contributed by atoms with E-state index in [1.165, 1.54) is 12.1 Å². The van der Waals surface area contributed by atoms with Crippen LogP contribution in [0.15, 0.2) is 18.2 Å². The molecule has 0 spiro atoms. The summed E-state index contributed by atoms with van der Waals surface area (Å²) in [5.41, 5.74) is 0.959. The summed E-state index contributed by atoms with van der Waals surface area (Å²) in [6.45, 7) is 2.72. The van der Waals surface area contributed by atoms with E-state index in [4.69, 9.17) is 11.6 Å². The Morgan fingerprint density at radius 1 is 1.36 bits per heavy atom. The Kier molecular flexibility index (Phi) is 3.01. The zero-order chi connectivity index (χ0) is 9.97. The van der Waals surface area contributed by atoms with Crippen LogP contribution in [0.25, 0.3) is 0 Å². The Morgan fingerprint density at radius 3 is 2.86 bits per heavy atom. The minimum Gasteiger partial charge on any atom is -0.314 e. The van der Waals surface area contributed by atoms with Crippen LogP contribution in [-0.2, 0) is 0 Å². The Morgan fingerprint density at radius 2 is 2.21 bits per heavy atom. The Balaban J connectivity index is 2.22. The molecule has 4 heteroatoms. The van der Waals surface area contributed by atoms with Crippen molar-refractivity contribution in [1.29, 1.82) is 0 Å². The average Bonchev–Trinajstić information content (AvgIpc) is 2.19. The molecule has 0 saturated carbocycles. The van der Waals surface area contributed by atoms with Crippen molar-refractivity contribution < 1.29 is 4.39 Å². The summed E-state index contributed by atoms with van der Waals surface area (Å²) in [6.07, 6.45) is 0. The van der Waals surface area contributed by atoms with E-state index in [0.29, 0.717) is 5.02 Å². The summed E-state index contributed by atoms with van der Waals surface area (Å²) >= 11 is 5.96. The molecular formula is C10H12ClFN2. The van der Waals surface area contributed by atoms with Gasteiger partial charge in [0.25, 0.3) is 0 Å². The van der Waals surface area contributed by atoms with Crippen LogP contribution < -0.4 is 10.6 Å². The molecule has 1 heterocycles. The van der Waals surface area contributed by atoms with Crippen LogP contribution in [0.5, 0.6) is 0 Å². The minimum absolute atomic E-state index is 0.192. The van der Waals surface area contributed by atoms with Crippen molar-refractivity contribution in [3.8, 4) is 0 Å². The molecule has 2 N–H and O–H groups in total. The van der Waals surface area contributed by atoms with Gasteiger partial charge in [0.05, 0.1) is 0 Å². The normalized spacial score (nSPS) is 22.3. The molecule has 0 aromatic heterocycles. The highest BCUT2D eigenvalue weighted by Gasteiger charge is 2.16. The molecular weight excluding hydrogens is 203 g/mol. The van der Waals surface area contributed by atoms with E-state index >= 15 is 0 Å². The molecule has 1 saturated heterocycles. The fourth-order valence-electron chi connectivity index (χ4n) is 1.66. The molecule has 0 radical (unpaired) electrons. The van der Waals surface area contributed by atoms with Gasteiger partial charge in [-0.25, -0.2) is 4.39 Å². The fraction of sp³-hybridized carbons (Fsp3) is 0.400. The maximum absolute atomic E-state index is 12.8. The first kappa shape index (κ1) is 9.90. The summed E-state index contributed by atoms with van der Waals surface area (Å²) in [4.78, 5) is 0. The number of nitrogens with one attached hydrogen (secondary N) is 2. The lowest BCUT2D eigenvalue weighted by atomic mass is 10.1. The van der Waals surface area contributed by atoms with E-state index in [0.717, 1.165) is 25.2 Å². The molecule has 14 heavy (non-hydrogen) atoms. The predicted octanol–water partition coefficient (Wildman–Crippen LogP) is 1.71. The van der Waals surface area contributed by atoms with Gasteiger partial charge in [-0.05, 0) is 17.7 Å². The summed E-state index contributed by atoms with van der Waals surface area (Å²) < 4.78 is 12.8. The molecule has 76 valence electrons. The first-order valence-electron chi connectivity index (χ1n) is 4.66. The predicted molar refractivity (Wildman–Crippen MR) is 55.0 cm³/mol. The number of rotatable bonds is 1. The summed E-state index contributed by atoms with van der Waals surface area (Å²) in [7, 11) is 0. The second-order valence-electron chi connectivity index (χ2n) is 3.38. The lowest BCUT2D eigenvalue weighted by Crippen LogP contribution is -2.42. The molecule has 0 aliphatic carbocycles. The lowest BCUT2D eigenvalue weighted by Gasteiger charge is -2.25. The van der Waals surface area contributed by atoms with Gasteiger partial charge in [0.2, 0.25) is 0 Å². The maximum atomic E-state index is 12.8. The molecule has 2 rings (SSSR count). The Bertz CT molecular complexity index is 324. The molecule has 1 aromatic rings. The smallest absolute Gasteiger partial charge is 0.124 e. The van der Waals surface area contributed by atoms with Crippen LogP contribution in [0.4, 0.5) is 4.39 Å². The zero-order valence-electron chi connectivity index (χ0n) is 7.69. The van der Waals surface area contributed by atoms with E-state index < -0.39 is 0 Å². The van der Waals surface area contributed by atoms with Crippen molar-refractivity contribution in [3.05, 3.63) is 34.6 Å². The first-order valence-corrected chi connectivity index (χ1v) is 5.04. The second kappa shape index (κ2) is 4.26. The SMILES string of the molecule is Fc1ccc([C@H]2CNCCN2)c(Cl)c1. The monoisotopic (exact) mass is 214 g/mol. The third kappa shape index (κ3) is 2.05. The van der Waals surface area contributed by atoms with Crippen LogP contribution in [0.1, 0.15) is 11.6 Å².